The number of benzene rings is 1. The largest absolute Gasteiger partial charge is 0.358 e. The Balaban J connectivity index is 1.35. The lowest BCUT2D eigenvalue weighted by molar-refractivity contribution is -0.139. The molecule has 154 valence electrons. The van der Waals surface area contributed by atoms with E-state index < -0.39 is 0 Å². The summed E-state index contributed by atoms with van der Waals surface area (Å²) >= 11 is 0. The highest BCUT2D eigenvalue weighted by molar-refractivity contribution is 5.99. The van der Waals surface area contributed by atoms with E-state index >= 15 is 0 Å². The number of amides is 2. The first-order chi connectivity index (χ1) is 14.1. The molecule has 2 N–H and O–H groups in total. The summed E-state index contributed by atoms with van der Waals surface area (Å²) in [6.07, 6.45) is 6.12. The fraction of sp³-hybridized carbons (Fsp3) is 0.565. The number of likely N-dealkylation sites (tertiary alicyclic amines) is 1. The summed E-state index contributed by atoms with van der Waals surface area (Å²) in [5, 5.41) is 4.29. The van der Waals surface area contributed by atoms with Gasteiger partial charge in [0, 0.05) is 59.2 Å². The molecule has 2 amide bonds. The molecule has 6 nitrogen and oxygen atoms in total. The lowest BCUT2D eigenvalue weighted by Gasteiger charge is -2.34. The average molecular weight is 395 g/mol. The van der Waals surface area contributed by atoms with Crippen LogP contribution in [-0.4, -0.2) is 59.3 Å². The van der Waals surface area contributed by atoms with Crippen LogP contribution in [0.4, 0.5) is 0 Å². The molecule has 3 heterocycles. The number of rotatable bonds is 3. The van der Waals surface area contributed by atoms with Gasteiger partial charge in [0.25, 0.3) is 5.91 Å². The predicted molar refractivity (Wildman–Crippen MR) is 113 cm³/mol. The molecule has 1 saturated carbocycles. The smallest absolute Gasteiger partial charge is 0.251 e. The Morgan fingerprint density at radius 1 is 1.10 bits per heavy atom. The average Bonchev–Trinajstić information content (AvgIpc) is 3.05. The Hall–Kier alpha value is -2.34. The van der Waals surface area contributed by atoms with Crippen molar-refractivity contribution in [3.05, 3.63) is 35.0 Å². The SMILES string of the molecule is CN1CCC(NC(=O)c2ccc3[nH]c4c(c3c2)CN(C(=O)C2CCC2)CC4)CC1. The molecule has 2 aromatic rings. The molecule has 0 spiro atoms. The number of H-pyrrole nitrogens is 1. The standard InChI is InChI=1S/C23H30N4O2/c1-26-10-7-17(8-11-26)24-22(28)16-5-6-20-18(13-16)19-14-27(12-9-21(19)25-20)23(29)15-3-2-4-15/h5-6,13,15,17,25H,2-4,7-12,14H2,1H3,(H,24,28). The maximum absolute atomic E-state index is 12.8. The predicted octanol–water partition coefficient (Wildman–Crippen LogP) is 2.68. The van der Waals surface area contributed by atoms with E-state index in [1.54, 1.807) is 0 Å². The molecule has 2 fully saturated rings. The topological polar surface area (TPSA) is 68.4 Å². The number of carbonyl (C=O) groups excluding carboxylic acids is 2. The third kappa shape index (κ3) is 3.54. The Bertz CT molecular complexity index is 938. The summed E-state index contributed by atoms with van der Waals surface area (Å²) in [7, 11) is 2.13. The normalized spacial score (nSPS) is 21.1. The first-order valence-corrected chi connectivity index (χ1v) is 11.0. The zero-order chi connectivity index (χ0) is 20.0. The van der Waals surface area contributed by atoms with Gasteiger partial charge in [-0.1, -0.05) is 6.42 Å². The highest BCUT2D eigenvalue weighted by atomic mass is 16.2. The molecule has 1 saturated heterocycles. The Morgan fingerprint density at radius 2 is 1.90 bits per heavy atom. The fourth-order valence-corrected chi connectivity index (χ4v) is 4.88. The number of aromatic amines is 1. The quantitative estimate of drug-likeness (QED) is 0.841. The van der Waals surface area contributed by atoms with Gasteiger partial charge in [0.2, 0.25) is 5.91 Å². The number of carbonyl (C=O) groups is 2. The summed E-state index contributed by atoms with van der Waals surface area (Å²) in [6, 6.07) is 6.18. The molecule has 6 heteroatoms. The second-order valence-corrected chi connectivity index (χ2v) is 9.03. The van der Waals surface area contributed by atoms with E-state index in [0.29, 0.717) is 18.0 Å². The summed E-state index contributed by atoms with van der Waals surface area (Å²) in [4.78, 5) is 33.4. The van der Waals surface area contributed by atoms with Crippen molar-refractivity contribution in [2.75, 3.05) is 26.7 Å². The molecule has 5 rings (SSSR count). The lowest BCUT2D eigenvalue weighted by Crippen LogP contribution is -2.43. The van der Waals surface area contributed by atoms with Gasteiger partial charge >= 0.3 is 0 Å². The number of aromatic nitrogens is 1. The van der Waals surface area contributed by atoms with Crippen LogP contribution in [0.15, 0.2) is 18.2 Å². The third-order valence-electron chi connectivity index (χ3n) is 7.06. The number of nitrogens with one attached hydrogen (secondary N) is 2. The first-order valence-electron chi connectivity index (χ1n) is 11.0. The Morgan fingerprint density at radius 3 is 2.62 bits per heavy atom. The molecule has 1 aromatic heterocycles. The number of nitrogens with zero attached hydrogens (tertiary/aromatic N) is 2. The van der Waals surface area contributed by atoms with Crippen LogP contribution in [0.3, 0.4) is 0 Å². The zero-order valence-corrected chi connectivity index (χ0v) is 17.2. The maximum atomic E-state index is 12.8. The van der Waals surface area contributed by atoms with Gasteiger partial charge < -0.3 is 20.1 Å². The van der Waals surface area contributed by atoms with Gasteiger partial charge in [-0.05, 0) is 64.0 Å². The van der Waals surface area contributed by atoms with Gasteiger partial charge in [-0.25, -0.2) is 0 Å². The van der Waals surface area contributed by atoms with Crippen LogP contribution in [0.25, 0.3) is 10.9 Å². The first kappa shape index (κ1) is 18.7. The van der Waals surface area contributed by atoms with Gasteiger partial charge in [-0.2, -0.15) is 0 Å². The van der Waals surface area contributed by atoms with Gasteiger partial charge in [-0.15, -0.1) is 0 Å². The van der Waals surface area contributed by atoms with Crippen LogP contribution in [0.1, 0.15) is 53.7 Å². The molecule has 1 aliphatic carbocycles. The van der Waals surface area contributed by atoms with Crippen LogP contribution in [0.5, 0.6) is 0 Å². The molecule has 0 atom stereocenters. The molecule has 29 heavy (non-hydrogen) atoms. The zero-order valence-electron chi connectivity index (χ0n) is 17.2. The molecule has 0 unspecified atom stereocenters. The van der Waals surface area contributed by atoms with Crippen molar-refractivity contribution >= 4 is 22.7 Å². The van der Waals surface area contributed by atoms with Gasteiger partial charge in [-0.3, -0.25) is 9.59 Å². The van der Waals surface area contributed by atoms with Crippen molar-refractivity contribution in [3.8, 4) is 0 Å². The number of hydrogen-bond donors (Lipinski definition) is 2. The molecular weight excluding hydrogens is 364 g/mol. The van der Waals surface area contributed by atoms with E-state index in [2.05, 4.69) is 22.2 Å². The van der Waals surface area contributed by atoms with E-state index in [1.807, 2.05) is 23.1 Å². The number of fused-ring (bicyclic) bond motifs is 3. The summed E-state index contributed by atoms with van der Waals surface area (Å²) < 4.78 is 0. The van der Waals surface area contributed by atoms with E-state index in [9.17, 15) is 9.59 Å². The van der Waals surface area contributed by atoms with E-state index in [1.165, 1.54) is 17.7 Å². The summed E-state index contributed by atoms with van der Waals surface area (Å²) in [5.41, 5.74) is 4.17. The van der Waals surface area contributed by atoms with Gasteiger partial charge in [0.1, 0.15) is 0 Å². The molecule has 0 bridgehead atoms. The highest BCUT2D eigenvalue weighted by Crippen LogP contribution is 2.33. The monoisotopic (exact) mass is 394 g/mol. The van der Waals surface area contributed by atoms with Crippen molar-refractivity contribution in [1.82, 2.24) is 20.1 Å². The van der Waals surface area contributed by atoms with Gasteiger partial charge in [0.05, 0.1) is 0 Å². The van der Waals surface area contributed by atoms with Crippen LogP contribution >= 0.6 is 0 Å². The van der Waals surface area contributed by atoms with Crippen molar-refractivity contribution in [2.45, 2.75) is 51.1 Å². The summed E-state index contributed by atoms with van der Waals surface area (Å²) in [5.74, 6) is 0.555. The van der Waals surface area contributed by atoms with Crippen LogP contribution in [-0.2, 0) is 17.8 Å². The molecule has 2 aliphatic heterocycles. The maximum Gasteiger partial charge on any atom is 0.251 e. The van der Waals surface area contributed by atoms with Gasteiger partial charge in [0.15, 0.2) is 0 Å². The number of hydrogen-bond acceptors (Lipinski definition) is 3. The van der Waals surface area contributed by atoms with Crippen molar-refractivity contribution in [2.24, 2.45) is 5.92 Å². The highest BCUT2D eigenvalue weighted by Gasteiger charge is 2.32. The number of piperidine rings is 1. The lowest BCUT2D eigenvalue weighted by atomic mass is 9.84. The Kier molecular flexibility index (Phi) is 4.82. The van der Waals surface area contributed by atoms with E-state index in [4.69, 9.17) is 0 Å². The molecule has 0 radical (unpaired) electrons. The van der Waals surface area contributed by atoms with Crippen molar-refractivity contribution in [1.29, 1.82) is 0 Å². The van der Waals surface area contributed by atoms with E-state index in [0.717, 1.165) is 62.6 Å². The van der Waals surface area contributed by atoms with Crippen molar-refractivity contribution < 1.29 is 9.59 Å². The second-order valence-electron chi connectivity index (χ2n) is 9.03. The molecule has 1 aromatic carbocycles. The van der Waals surface area contributed by atoms with Crippen LogP contribution in [0, 0.1) is 5.92 Å². The van der Waals surface area contributed by atoms with Crippen molar-refractivity contribution in [3.63, 3.8) is 0 Å². The second kappa shape index (κ2) is 7.48. The fourth-order valence-electron chi connectivity index (χ4n) is 4.88. The van der Waals surface area contributed by atoms with Crippen LogP contribution in [0.2, 0.25) is 0 Å². The minimum Gasteiger partial charge on any atom is -0.358 e. The summed E-state index contributed by atoms with van der Waals surface area (Å²) in [6.45, 7) is 3.50. The molecular formula is C23H30N4O2. The van der Waals surface area contributed by atoms with E-state index in [-0.39, 0.29) is 17.9 Å². The third-order valence-corrected chi connectivity index (χ3v) is 7.06. The van der Waals surface area contributed by atoms with Crippen LogP contribution < -0.4 is 5.32 Å². The Labute approximate surface area is 171 Å². The minimum absolute atomic E-state index is 0.00890. The molecule has 3 aliphatic rings. The minimum atomic E-state index is 0.00890.